The van der Waals surface area contributed by atoms with Gasteiger partial charge in [-0.2, -0.15) is 0 Å². The molecule has 2 heterocycles. The predicted octanol–water partition coefficient (Wildman–Crippen LogP) is 3.93. The van der Waals surface area contributed by atoms with Crippen molar-refractivity contribution in [2.24, 2.45) is 10.9 Å². The average molecular weight is 269 g/mol. The molecule has 2 saturated carbocycles. The van der Waals surface area contributed by atoms with Gasteiger partial charge in [0, 0.05) is 29.4 Å². The van der Waals surface area contributed by atoms with Crippen LogP contribution in [0.25, 0.3) is 0 Å². The minimum absolute atomic E-state index is 0.617. The fraction of sp³-hybridized carbons (Fsp3) is 0.647. The number of hydrogen-bond donors (Lipinski definition) is 1. The summed E-state index contributed by atoms with van der Waals surface area (Å²) >= 11 is 0. The summed E-state index contributed by atoms with van der Waals surface area (Å²) in [7, 11) is 0. The van der Waals surface area contributed by atoms with Crippen LogP contribution in [0.1, 0.15) is 62.5 Å². The average Bonchev–Trinajstić information content (AvgIpc) is 2.83. The lowest BCUT2D eigenvalue weighted by Crippen LogP contribution is -2.27. The highest BCUT2D eigenvalue weighted by atomic mass is 15.0. The maximum atomic E-state index is 4.82. The first-order valence-electron chi connectivity index (χ1n) is 8.21. The van der Waals surface area contributed by atoms with Gasteiger partial charge in [0.2, 0.25) is 0 Å². The van der Waals surface area contributed by atoms with E-state index in [0.29, 0.717) is 12.0 Å². The predicted molar refractivity (Wildman–Crippen MR) is 82.3 cm³/mol. The smallest absolute Gasteiger partial charge is 0.135 e. The van der Waals surface area contributed by atoms with E-state index < -0.39 is 0 Å². The molecule has 0 amide bonds. The van der Waals surface area contributed by atoms with Crippen LogP contribution in [0.4, 0.5) is 5.82 Å². The van der Waals surface area contributed by atoms with E-state index in [-0.39, 0.29) is 0 Å². The molecule has 0 bridgehead atoms. The monoisotopic (exact) mass is 269 g/mol. The van der Waals surface area contributed by atoms with Crippen LogP contribution >= 0.6 is 0 Å². The second kappa shape index (κ2) is 5.19. The Bertz CT molecular complexity index is 525. The highest BCUT2D eigenvalue weighted by Crippen LogP contribution is 2.37. The summed E-state index contributed by atoms with van der Waals surface area (Å²) in [5.74, 6) is 1.81. The summed E-state index contributed by atoms with van der Waals surface area (Å²) in [6.07, 6.45) is 12.6. The van der Waals surface area contributed by atoms with Crippen LogP contribution in [0.3, 0.4) is 0 Å². The third-order valence-corrected chi connectivity index (χ3v) is 5.15. The molecule has 0 unspecified atom stereocenters. The molecule has 1 N–H and O–H groups in total. The van der Waals surface area contributed by atoms with Gasteiger partial charge < -0.3 is 5.32 Å². The van der Waals surface area contributed by atoms with Crippen LogP contribution < -0.4 is 5.32 Å². The number of fused-ring (bicyclic) bond motifs is 1. The minimum Gasteiger partial charge on any atom is -0.367 e. The van der Waals surface area contributed by atoms with E-state index in [4.69, 9.17) is 4.99 Å². The van der Waals surface area contributed by atoms with Gasteiger partial charge in [-0.3, -0.25) is 4.99 Å². The van der Waals surface area contributed by atoms with Crippen LogP contribution in [0.2, 0.25) is 0 Å². The van der Waals surface area contributed by atoms with Gasteiger partial charge in [0.1, 0.15) is 5.82 Å². The van der Waals surface area contributed by atoms with Crippen molar-refractivity contribution in [1.82, 2.24) is 4.98 Å². The number of aliphatic imine (C=N–C) groups is 1. The molecule has 0 spiro atoms. The Hall–Kier alpha value is -1.38. The molecular formula is C17H23N3. The Morgan fingerprint density at radius 1 is 1.00 bits per heavy atom. The molecule has 1 aliphatic heterocycles. The molecule has 0 atom stereocenters. The zero-order valence-corrected chi connectivity index (χ0v) is 12.1. The van der Waals surface area contributed by atoms with Crippen molar-refractivity contribution in [3.63, 3.8) is 0 Å². The molecule has 3 aliphatic rings. The van der Waals surface area contributed by atoms with Gasteiger partial charge in [0.05, 0.1) is 6.54 Å². The molecule has 2 aliphatic carbocycles. The summed E-state index contributed by atoms with van der Waals surface area (Å²) in [4.78, 5) is 9.46. The maximum Gasteiger partial charge on any atom is 0.135 e. The fourth-order valence-corrected chi connectivity index (χ4v) is 3.73. The van der Waals surface area contributed by atoms with Gasteiger partial charge in [0.25, 0.3) is 0 Å². The second-order valence-corrected chi connectivity index (χ2v) is 6.50. The molecule has 1 aromatic heterocycles. The molecule has 0 radical (unpaired) electrons. The SMILES string of the molecule is c1cc2c(c(NC3CCCCC3)n1)C(C1CCC1)=NC2. The van der Waals surface area contributed by atoms with E-state index in [1.807, 2.05) is 6.20 Å². The Morgan fingerprint density at radius 3 is 2.60 bits per heavy atom. The first kappa shape index (κ1) is 12.4. The van der Waals surface area contributed by atoms with Gasteiger partial charge in [-0.25, -0.2) is 4.98 Å². The summed E-state index contributed by atoms with van der Waals surface area (Å²) < 4.78 is 0. The lowest BCUT2D eigenvalue weighted by molar-refractivity contribution is 0.414. The van der Waals surface area contributed by atoms with Gasteiger partial charge >= 0.3 is 0 Å². The molecule has 3 nitrogen and oxygen atoms in total. The number of aromatic nitrogens is 1. The van der Waals surface area contributed by atoms with Gasteiger partial charge in [-0.15, -0.1) is 0 Å². The summed E-state index contributed by atoms with van der Waals surface area (Å²) in [5.41, 5.74) is 4.07. The molecular weight excluding hydrogens is 246 g/mol. The third kappa shape index (κ3) is 2.13. The van der Waals surface area contributed by atoms with Crippen molar-refractivity contribution in [3.05, 3.63) is 23.4 Å². The molecule has 4 rings (SSSR count). The number of anilines is 1. The number of hydrogen-bond acceptors (Lipinski definition) is 3. The third-order valence-electron chi connectivity index (χ3n) is 5.15. The van der Waals surface area contributed by atoms with Crippen molar-refractivity contribution in [1.29, 1.82) is 0 Å². The molecule has 0 aromatic carbocycles. The summed E-state index contributed by atoms with van der Waals surface area (Å²) in [5, 5.41) is 3.72. The van der Waals surface area contributed by atoms with Gasteiger partial charge in [0.15, 0.2) is 0 Å². The standard InChI is InChI=1S/C17H23N3/c1-2-7-14(8-3-1)20-17-15-13(9-10-18-17)11-19-16(15)12-5-4-6-12/h9-10,12,14H,1-8,11H2,(H,18,20). The largest absolute Gasteiger partial charge is 0.367 e. The molecule has 2 fully saturated rings. The second-order valence-electron chi connectivity index (χ2n) is 6.50. The molecule has 3 heteroatoms. The van der Waals surface area contributed by atoms with Crippen molar-refractivity contribution < 1.29 is 0 Å². The Kier molecular flexibility index (Phi) is 3.21. The van der Waals surface area contributed by atoms with E-state index in [9.17, 15) is 0 Å². The van der Waals surface area contributed by atoms with Crippen LogP contribution in [-0.2, 0) is 6.54 Å². The van der Waals surface area contributed by atoms with E-state index in [0.717, 1.165) is 12.4 Å². The lowest BCUT2D eigenvalue weighted by atomic mass is 9.79. The first-order chi connectivity index (χ1) is 9.92. The number of rotatable bonds is 3. The number of pyridine rings is 1. The normalized spacial score (nSPS) is 23.1. The lowest BCUT2D eigenvalue weighted by Gasteiger charge is -2.28. The molecule has 20 heavy (non-hydrogen) atoms. The van der Waals surface area contributed by atoms with Crippen molar-refractivity contribution in [2.75, 3.05) is 5.32 Å². The van der Waals surface area contributed by atoms with Crippen molar-refractivity contribution >= 4 is 11.5 Å². The van der Waals surface area contributed by atoms with Crippen LogP contribution in [0.15, 0.2) is 17.3 Å². The van der Waals surface area contributed by atoms with Crippen molar-refractivity contribution in [2.45, 2.75) is 64.0 Å². The van der Waals surface area contributed by atoms with Gasteiger partial charge in [-0.05, 0) is 37.3 Å². The zero-order valence-electron chi connectivity index (χ0n) is 12.1. The topological polar surface area (TPSA) is 37.3 Å². The van der Waals surface area contributed by atoms with Crippen LogP contribution in [0.5, 0.6) is 0 Å². The van der Waals surface area contributed by atoms with E-state index in [1.54, 1.807) is 0 Å². The Morgan fingerprint density at radius 2 is 1.85 bits per heavy atom. The number of nitrogens with one attached hydrogen (secondary N) is 1. The summed E-state index contributed by atoms with van der Waals surface area (Å²) in [6, 6.07) is 2.77. The summed E-state index contributed by atoms with van der Waals surface area (Å²) in [6.45, 7) is 0.864. The quantitative estimate of drug-likeness (QED) is 0.902. The minimum atomic E-state index is 0.617. The van der Waals surface area contributed by atoms with Crippen LogP contribution in [0, 0.1) is 5.92 Å². The molecule has 106 valence electrons. The highest BCUT2D eigenvalue weighted by Gasteiger charge is 2.31. The van der Waals surface area contributed by atoms with E-state index >= 15 is 0 Å². The first-order valence-corrected chi connectivity index (χ1v) is 8.21. The van der Waals surface area contributed by atoms with E-state index in [2.05, 4.69) is 16.4 Å². The molecule has 0 saturated heterocycles. The Balaban J connectivity index is 1.60. The zero-order chi connectivity index (χ0) is 13.4. The highest BCUT2D eigenvalue weighted by molar-refractivity contribution is 6.09. The number of nitrogens with zero attached hydrogens (tertiary/aromatic N) is 2. The fourth-order valence-electron chi connectivity index (χ4n) is 3.73. The maximum absolute atomic E-state index is 4.82. The van der Waals surface area contributed by atoms with Gasteiger partial charge in [-0.1, -0.05) is 25.7 Å². The molecule has 1 aromatic rings. The van der Waals surface area contributed by atoms with Crippen LogP contribution in [-0.4, -0.2) is 16.7 Å². The Labute approximate surface area is 120 Å². The van der Waals surface area contributed by atoms with E-state index in [1.165, 1.54) is 68.2 Å². The van der Waals surface area contributed by atoms with Crippen molar-refractivity contribution in [3.8, 4) is 0 Å².